The molecule has 4 aromatic rings. The molecular weight excluding hydrogens is 552 g/mol. The lowest BCUT2D eigenvalue weighted by Crippen LogP contribution is -2.16. The largest absolute Gasteiger partial charge is 0.431 e. The van der Waals surface area contributed by atoms with Crippen molar-refractivity contribution in [3.63, 3.8) is 0 Å². The van der Waals surface area contributed by atoms with Crippen LogP contribution in [-0.4, -0.2) is 9.97 Å². The van der Waals surface area contributed by atoms with Crippen LogP contribution in [0.25, 0.3) is 21.8 Å². The third-order valence-electron chi connectivity index (χ3n) is 4.95. The van der Waals surface area contributed by atoms with Gasteiger partial charge in [-0.1, -0.05) is 12.1 Å². The molecule has 16 heteroatoms. The summed E-state index contributed by atoms with van der Waals surface area (Å²) in [6, 6.07) is 5.69. The van der Waals surface area contributed by atoms with Crippen LogP contribution < -0.4 is 10.9 Å². The molecule has 0 radical (unpaired) electrons. The number of halogens is 12. The Hall–Kier alpha value is -3.98. The predicted molar refractivity (Wildman–Crippen MR) is 109 cm³/mol. The van der Waals surface area contributed by atoms with Gasteiger partial charge < -0.3 is 9.97 Å². The van der Waals surface area contributed by atoms with Crippen molar-refractivity contribution in [2.24, 2.45) is 0 Å². The van der Waals surface area contributed by atoms with Crippen molar-refractivity contribution in [3.05, 3.63) is 91.5 Å². The molecule has 0 spiro atoms. The second kappa shape index (κ2) is 9.40. The first kappa shape index (κ1) is 28.6. The Morgan fingerprint density at radius 1 is 0.474 bits per heavy atom. The standard InChI is InChI=1S/2C11H5F6NO/c2*12-10(13,14)6-3-1-2-5-7(19)4-8(11(15,16)17)18-9(5)6/h2*1-4H,(H,18,19). The van der Waals surface area contributed by atoms with E-state index >= 15 is 0 Å². The summed E-state index contributed by atoms with van der Waals surface area (Å²) in [4.78, 5) is 26.2. The third-order valence-corrected chi connectivity index (χ3v) is 4.95. The number of aromatic nitrogens is 2. The predicted octanol–water partition coefficient (Wildman–Crippen LogP) is 7.13. The second-order valence-corrected chi connectivity index (χ2v) is 7.54. The number of nitrogens with one attached hydrogen (secondary N) is 2. The number of rotatable bonds is 0. The lowest BCUT2D eigenvalue weighted by atomic mass is 10.1. The molecule has 0 aliphatic carbocycles. The van der Waals surface area contributed by atoms with E-state index in [9.17, 15) is 62.3 Å². The quantitative estimate of drug-likeness (QED) is 0.224. The normalized spacial score (nSPS) is 12.9. The number of aromatic amines is 2. The van der Waals surface area contributed by atoms with E-state index in [1.807, 2.05) is 0 Å². The fourth-order valence-electron chi connectivity index (χ4n) is 3.32. The molecular formula is C22H10F12N2O2. The van der Waals surface area contributed by atoms with E-state index < -0.39 is 79.9 Å². The van der Waals surface area contributed by atoms with Gasteiger partial charge in [-0.15, -0.1) is 0 Å². The van der Waals surface area contributed by atoms with Crippen molar-refractivity contribution >= 4 is 21.8 Å². The van der Waals surface area contributed by atoms with Gasteiger partial charge in [0.05, 0.1) is 22.2 Å². The summed E-state index contributed by atoms with van der Waals surface area (Å²) in [5, 5.41) is -0.884. The SMILES string of the molecule is O=c1cc(C(F)(F)F)[nH]c2c(C(F)(F)F)cccc12.O=c1cc(C(F)(F)F)[nH]c2c(C(F)(F)F)cccc12. The van der Waals surface area contributed by atoms with E-state index in [0.717, 1.165) is 24.3 Å². The molecule has 4 rings (SSSR count). The van der Waals surface area contributed by atoms with Gasteiger partial charge in [0.2, 0.25) is 0 Å². The van der Waals surface area contributed by atoms with E-state index in [0.29, 0.717) is 12.1 Å². The average molecular weight is 562 g/mol. The minimum Gasteiger partial charge on any atom is -0.350 e. The second-order valence-electron chi connectivity index (χ2n) is 7.54. The van der Waals surface area contributed by atoms with Gasteiger partial charge in [-0.3, -0.25) is 9.59 Å². The zero-order valence-corrected chi connectivity index (χ0v) is 18.0. The van der Waals surface area contributed by atoms with Crippen LogP contribution in [0.4, 0.5) is 52.7 Å². The molecule has 204 valence electrons. The van der Waals surface area contributed by atoms with Crippen molar-refractivity contribution in [1.82, 2.24) is 9.97 Å². The summed E-state index contributed by atoms with van der Waals surface area (Å²) in [5.41, 5.74) is -9.62. The summed E-state index contributed by atoms with van der Waals surface area (Å²) in [6.45, 7) is 0. The lowest BCUT2D eigenvalue weighted by Gasteiger charge is -2.12. The van der Waals surface area contributed by atoms with Crippen LogP contribution in [0, 0.1) is 0 Å². The summed E-state index contributed by atoms with van der Waals surface area (Å²) in [7, 11) is 0. The highest BCUT2D eigenvalue weighted by Crippen LogP contribution is 2.36. The van der Waals surface area contributed by atoms with Gasteiger partial charge in [0.15, 0.2) is 10.9 Å². The molecule has 0 bridgehead atoms. The van der Waals surface area contributed by atoms with Crippen LogP contribution in [0.2, 0.25) is 0 Å². The Kier molecular flexibility index (Phi) is 7.07. The topological polar surface area (TPSA) is 65.7 Å². The molecule has 0 unspecified atom stereocenters. The lowest BCUT2D eigenvalue weighted by molar-refractivity contribution is -0.142. The molecule has 38 heavy (non-hydrogen) atoms. The van der Waals surface area contributed by atoms with Crippen LogP contribution in [0.3, 0.4) is 0 Å². The first-order valence-electron chi connectivity index (χ1n) is 9.82. The van der Waals surface area contributed by atoms with Gasteiger partial charge in [-0.25, -0.2) is 0 Å². The summed E-state index contributed by atoms with van der Waals surface area (Å²) < 4.78 is 151. The summed E-state index contributed by atoms with van der Waals surface area (Å²) in [5.74, 6) is 0. The molecule has 0 amide bonds. The molecule has 2 N–H and O–H groups in total. The smallest absolute Gasteiger partial charge is 0.350 e. The van der Waals surface area contributed by atoms with Crippen molar-refractivity contribution < 1.29 is 52.7 Å². The number of alkyl halides is 12. The fraction of sp³-hybridized carbons (Fsp3) is 0.182. The number of pyridine rings is 2. The van der Waals surface area contributed by atoms with Crippen LogP contribution >= 0.6 is 0 Å². The highest BCUT2D eigenvalue weighted by molar-refractivity contribution is 5.83. The van der Waals surface area contributed by atoms with Crippen LogP contribution in [0.1, 0.15) is 22.5 Å². The molecule has 2 aromatic heterocycles. The van der Waals surface area contributed by atoms with Gasteiger partial charge in [0.1, 0.15) is 11.4 Å². The van der Waals surface area contributed by atoms with E-state index in [1.165, 1.54) is 0 Å². The van der Waals surface area contributed by atoms with Crippen molar-refractivity contribution in [3.8, 4) is 0 Å². The number of fused-ring (bicyclic) bond motifs is 2. The van der Waals surface area contributed by atoms with E-state index in [-0.39, 0.29) is 12.1 Å². The minimum absolute atomic E-state index is 0.239. The first-order valence-corrected chi connectivity index (χ1v) is 9.82. The Morgan fingerprint density at radius 2 is 0.789 bits per heavy atom. The van der Waals surface area contributed by atoms with E-state index in [1.54, 1.807) is 9.97 Å². The summed E-state index contributed by atoms with van der Waals surface area (Å²) >= 11 is 0. The van der Waals surface area contributed by atoms with Crippen LogP contribution in [-0.2, 0) is 24.7 Å². The third kappa shape index (κ3) is 5.94. The van der Waals surface area contributed by atoms with Gasteiger partial charge in [0, 0.05) is 22.9 Å². The number of para-hydroxylation sites is 2. The van der Waals surface area contributed by atoms with Crippen LogP contribution in [0.5, 0.6) is 0 Å². The maximum Gasteiger partial charge on any atom is 0.431 e. The maximum absolute atomic E-state index is 12.7. The highest BCUT2D eigenvalue weighted by Gasteiger charge is 2.37. The zero-order chi connectivity index (χ0) is 28.8. The fourth-order valence-corrected chi connectivity index (χ4v) is 3.32. The molecule has 0 fully saturated rings. The molecule has 0 aliphatic rings. The van der Waals surface area contributed by atoms with Crippen molar-refractivity contribution in [2.45, 2.75) is 24.7 Å². The Labute approximate surface area is 201 Å². The molecule has 4 nitrogen and oxygen atoms in total. The molecule has 2 aromatic carbocycles. The number of hydrogen-bond acceptors (Lipinski definition) is 2. The minimum atomic E-state index is -4.92. The Balaban J connectivity index is 0.000000211. The maximum atomic E-state index is 12.7. The number of H-pyrrole nitrogens is 2. The molecule has 0 aliphatic heterocycles. The average Bonchev–Trinajstić information content (AvgIpc) is 2.76. The van der Waals surface area contributed by atoms with Gasteiger partial charge in [0.25, 0.3) is 0 Å². The first-order chi connectivity index (χ1) is 17.2. The molecule has 0 saturated heterocycles. The number of benzene rings is 2. The van der Waals surface area contributed by atoms with Crippen LogP contribution in [0.15, 0.2) is 58.1 Å². The van der Waals surface area contributed by atoms with Gasteiger partial charge in [-0.2, -0.15) is 52.7 Å². The number of hydrogen-bond donors (Lipinski definition) is 2. The van der Waals surface area contributed by atoms with Gasteiger partial charge in [-0.05, 0) is 24.3 Å². The van der Waals surface area contributed by atoms with E-state index in [4.69, 9.17) is 0 Å². The zero-order valence-electron chi connectivity index (χ0n) is 18.0. The summed E-state index contributed by atoms with van der Waals surface area (Å²) in [6.07, 6.45) is -19.6. The monoisotopic (exact) mass is 562 g/mol. The van der Waals surface area contributed by atoms with Gasteiger partial charge >= 0.3 is 24.7 Å². The Bertz CT molecular complexity index is 1490. The van der Waals surface area contributed by atoms with Crippen molar-refractivity contribution in [2.75, 3.05) is 0 Å². The molecule has 2 heterocycles. The molecule has 0 saturated carbocycles. The van der Waals surface area contributed by atoms with Crippen molar-refractivity contribution in [1.29, 1.82) is 0 Å². The Morgan fingerprint density at radius 3 is 1.05 bits per heavy atom. The molecule has 0 atom stereocenters. The highest BCUT2D eigenvalue weighted by atomic mass is 19.4. The van der Waals surface area contributed by atoms with E-state index in [2.05, 4.69) is 0 Å².